The number of imidazole rings is 3. The number of amides is 1. The Bertz CT molecular complexity index is 3750. The van der Waals surface area contributed by atoms with E-state index in [-0.39, 0.29) is 43.0 Å². The van der Waals surface area contributed by atoms with Crippen LogP contribution in [0.4, 0.5) is 16.0 Å². The van der Waals surface area contributed by atoms with Gasteiger partial charge in [0.15, 0.2) is 71.3 Å². The molecule has 7 aromatic rings. The number of allylic oxidation sites excluding steroid dienone is 1. The number of fused-ring (bicyclic) bond motifs is 13. The molecule has 1 spiro atoms. The number of carbonyl (C=O) groups excluding carboxylic acids is 1. The summed E-state index contributed by atoms with van der Waals surface area (Å²) in [5.41, 5.74) is 1.37. The molecule has 17 bridgehead atoms. The van der Waals surface area contributed by atoms with Crippen LogP contribution in [0.3, 0.4) is 0 Å². The Morgan fingerprint density at radius 3 is 2.26 bits per heavy atom. The van der Waals surface area contributed by atoms with Gasteiger partial charge in [-0.1, -0.05) is 42.2 Å². The van der Waals surface area contributed by atoms with Gasteiger partial charge in [0.1, 0.15) is 79.0 Å². The number of ether oxygens (including phenoxy) is 5. The van der Waals surface area contributed by atoms with Gasteiger partial charge >= 0.3 is 0 Å². The predicted molar refractivity (Wildman–Crippen MR) is 310 cm³/mol. The lowest BCUT2D eigenvalue weighted by molar-refractivity contribution is -0.225. The van der Waals surface area contributed by atoms with E-state index < -0.39 is 108 Å². The second kappa shape index (κ2) is 24.8. The highest BCUT2D eigenvalue weighted by Gasteiger charge is 2.68. The van der Waals surface area contributed by atoms with Crippen molar-refractivity contribution in [3.8, 4) is 0 Å². The first-order chi connectivity index (χ1) is 40.9. The molecule has 3 unspecified atom stereocenters. The van der Waals surface area contributed by atoms with Crippen molar-refractivity contribution in [3.05, 3.63) is 91.7 Å². The van der Waals surface area contributed by atoms with Crippen molar-refractivity contribution >= 4 is 96.8 Å². The van der Waals surface area contributed by atoms with Crippen LogP contribution in [0.2, 0.25) is 0 Å². The maximum absolute atomic E-state index is 16.4. The molecule has 0 saturated carbocycles. The van der Waals surface area contributed by atoms with Crippen LogP contribution >= 0.6 is 21.7 Å². The number of aliphatic hydroxyl groups is 1. The van der Waals surface area contributed by atoms with Crippen LogP contribution in [0.25, 0.3) is 33.5 Å². The van der Waals surface area contributed by atoms with Crippen molar-refractivity contribution < 1.29 is 71.4 Å². The molecule has 6 aromatic heterocycles. The molecule has 30 nitrogen and oxygen atoms in total. The summed E-state index contributed by atoms with van der Waals surface area (Å²) in [5.74, 6) is 0.438. The number of quaternary nitrogens is 2. The standard InChI is InChI=1S/C27H30FN9O9P2S2.C21H24N5O4P.CH4O.2H3N/c1-13-27-8-41-48(39,50)45-19-15-7-40-47(38,49)46-21(27)20(42-13)26(44-27)37-11-34-17-14(30-9-32-23(17)37)5-3-2-4-6-29-22-18-24(33-10-31-22)36(12-35-18)25(43-15)16(19)28;1-12-21(2)16(30-31(3)4)15(28-12)20(29-21)26-11-24-14-17(22-10-23-18(14)26)25-19(27)13-8-6-5-7-9-13;1-2;;/h2,4,9-13,15-16,19-21,25-26H,3,5-8H2,1H3,(H,38,49)(H,39,50)(H,29,31,33);5-12,15-16,20H,1-4H3,(H,22,23,25,27);2H,1H3;2*1H3/b4-2+;;;;/t13-,15+,16+,19+,20+,21-,25+,26+,27?,47?,48?;12-,15+,16-,20+,21-;;;/m00.../s1/i;2D;2T;;. The lowest BCUT2D eigenvalue weighted by Crippen LogP contribution is -2.51. The third-order valence-corrected chi connectivity index (χ3v) is 18.9. The van der Waals surface area contributed by atoms with E-state index in [9.17, 15) is 14.3 Å². The number of alkyl halides is 1. The predicted octanol–water partition coefficient (Wildman–Crippen LogP) is 5.48. The van der Waals surface area contributed by atoms with Crippen molar-refractivity contribution in [2.75, 3.05) is 50.8 Å². The number of aromatic nitrogens is 12. The quantitative estimate of drug-likeness (QED) is 0.0808. The van der Waals surface area contributed by atoms with E-state index in [0.717, 1.165) is 0 Å². The number of rotatable bonds is 5. The molecular formula is C49H64FN16O14P3S2. The van der Waals surface area contributed by atoms with E-state index >= 15 is 4.39 Å². The fraction of sp³-hybridized carbons (Fsp3) is 0.510. The van der Waals surface area contributed by atoms with Crippen LogP contribution in [0, 0.1) is 0 Å². The first kappa shape index (κ1) is 60.2. The highest BCUT2D eigenvalue weighted by Crippen LogP contribution is 2.60. The first-order valence-electron chi connectivity index (χ1n) is 27.1. The number of nitrogens with one attached hydrogen (secondary N) is 2. The Balaban J connectivity index is 0.000000196. The molecule has 15 rings (SSSR count). The Kier molecular flexibility index (Phi) is 17.6. The van der Waals surface area contributed by atoms with Gasteiger partial charge in [-0.15, -0.1) is 0 Å². The average Bonchev–Trinajstić information content (AvgIpc) is 1.57. The molecule has 16 atom stereocenters. The molecule has 85 heavy (non-hydrogen) atoms. The summed E-state index contributed by atoms with van der Waals surface area (Å²) in [6, 6.07) is 8.90. The lowest BCUT2D eigenvalue weighted by Gasteiger charge is -2.41. The summed E-state index contributed by atoms with van der Waals surface area (Å²) < 4.78 is 110. The van der Waals surface area contributed by atoms with Crippen LogP contribution in [-0.2, 0) is 81.3 Å². The molecule has 0 radical (unpaired) electrons. The minimum absolute atomic E-state index is 0. The molecule has 11 N–H and O–H groups in total. The summed E-state index contributed by atoms with van der Waals surface area (Å²) >= 11 is 10.6. The maximum atomic E-state index is 16.4. The van der Waals surface area contributed by atoms with Gasteiger partial charge < -0.3 is 91.5 Å². The fourth-order valence-corrected chi connectivity index (χ4v) is 14.8. The van der Waals surface area contributed by atoms with E-state index in [1.165, 1.54) is 43.3 Å². The summed E-state index contributed by atoms with van der Waals surface area (Å²) in [5, 5.41) is 9.51. The van der Waals surface area contributed by atoms with E-state index in [2.05, 4.69) is 60.6 Å². The molecule has 6 fully saturated rings. The topological polar surface area (TPSA) is 398 Å². The third-order valence-electron chi connectivity index (χ3n) is 15.2. The van der Waals surface area contributed by atoms with Gasteiger partial charge in [-0.3, -0.25) is 23.1 Å². The molecule has 6 saturated heterocycles. The molecule has 8 aliphatic heterocycles. The Morgan fingerprint density at radius 2 is 1.53 bits per heavy atom. The summed E-state index contributed by atoms with van der Waals surface area (Å²) in [7, 11) is 0.621. The Morgan fingerprint density at radius 1 is 0.882 bits per heavy atom. The van der Waals surface area contributed by atoms with Crippen LogP contribution in [0.1, 0.15) is 63.3 Å². The third kappa shape index (κ3) is 11.4. The molecule has 1 amide bonds. The van der Waals surface area contributed by atoms with Crippen molar-refractivity contribution in [3.63, 3.8) is 0 Å². The maximum Gasteiger partial charge on any atom is 0.256 e. The number of carbonyl (C=O) groups is 1. The van der Waals surface area contributed by atoms with Crippen LogP contribution < -0.4 is 27.8 Å². The molecular weight excluding hydrogens is 1210 g/mol. The van der Waals surface area contributed by atoms with Gasteiger partial charge in [-0.2, -0.15) is 0 Å². The Labute approximate surface area is 499 Å². The molecule has 0 aliphatic carbocycles. The van der Waals surface area contributed by atoms with Crippen molar-refractivity contribution in [2.24, 2.45) is 0 Å². The van der Waals surface area contributed by atoms with Gasteiger partial charge in [-0.05, 0) is 59.1 Å². The molecule has 8 aliphatic rings. The van der Waals surface area contributed by atoms with Crippen LogP contribution in [-0.4, -0.2) is 177 Å². The highest BCUT2D eigenvalue weighted by molar-refractivity contribution is 8.32. The first-order valence-corrected chi connectivity index (χ1v) is 33.3. The zero-order valence-corrected chi connectivity index (χ0v) is 51.1. The van der Waals surface area contributed by atoms with Crippen LogP contribution in [0.15, 0.2) is 80.4 Å². The molecule has 1 aromatic carbocycles. The second-order valence-electron chi connectivity index (χ2n) is 20.3. The van der Waals surface area contributed by atoms with E-state index in [0.29, 0.717) is 70.1 Å². The normalized spacial score (nSPS) is 35.3. The largest absolute Gasteiger partial charge is 0.780 e. The summed E-state index contributed by atoms with van der Waals surface area (Å²) in [6.07, 6.45) is 2.12. The highest BCUT2D eigenvalue weighted by atomic mass is 32.7. The van der Waals surface area contributed by atoms with Crippen molar-refractivity contribution in [1.29, 1.82) is 1.43 Å². The number of benzene rings is 1. The fourth-order valence-electron chi connectivity index (χ4n) is 11.2. The zero-order chi connectivity index (χ0) is 59.6. The average molecular weight is 1280 g/mol. The monoisotopic (exact) mass is 1280 g/mol. The summed E-state index contributed by atoms with van der Waals surface area (Å²) in [6.45, 7) is -1.85. The minimum Gasteiger partial charge on any atom is -0.780 e. The van der Waals surface area contributed by atoms with Gasteiger partial charge in [0, 0.05) is 28.7 Å². The smallest absolute Gasteiger partial charge is 0.256 e. The molecule has 36 heteroatoms. The number of aryl methyl sites for hydroxylation is 1. The van der Waals surface area contributed by atoms with E-state index in [1.807, 2.05) is 38.5 Å². The number of hydrogen-bond donors (Lipinski definition) is 5. The zero-order valence-electron chi connectivity index (χ0n) is 48.8. The van der Waals surface area contributed by atoms with Crippen molar-refractivity contribution in [1.82, 2.24) is 70.9 Å². The van der Waals surface area contributed by atoms with E-state index in [4.69, 9.17) is 73.2 Å². The second-order valence-corrected chi connectivity index (χ2v) is 27.5. The van der Waals surface area contributed by atoms with Gasteiger partial charge in [0.05, 0.1) is 50.1 Å². The number of hydrogen-bond acceptors (Lipinski definition) is 26. The number of nitrogens with zero attached hydrogens (tertiary/aromatic N) is 12. The SMILES string of the molecule is C[C@@H]1O[C@H]2[C@H]3OC14COP(=O)([S-])O[C@H]1[C@@H](F)[C@@H](O[C@@H]1COP([O-])(=S)O[C@@H]24)n1cnc2c(ncnc21)NC/C=C/CCc1ncnc2c1ncn23.[2H]C[C@]12O[C@@H](n3cnc4c(NC(=O)c5ccccc5)ncnc43)[C@H](O[C@H]1C)[C@@H]2OP(C)C.[3H]OC.[NH4+].[NH4+]. The van der Waals surface area contributed by atoms with Gasteiger partial charge in [0.2, 0.25) is 1.43 Å². The van der Waals surface area contributed by atoms with Gasteiger partial charge in [0.25, 0.3) is 5.91 Å². The van der Waals surface area contributed by atoms with E-state index in [1.54, 1.807) is 46.7 Å². The van der Waals surface area contributed by atoms with Gasteiger partial charge in [-0.25, -0.2) is 49.2 Å². The Hall–Kier alpha value is -5.09. The molecule has 458 valence electrons. The number of anilines is 2. The lowest BCUT2D eigenvalue weighted by atomic mass is 9.94. The summed E-state index contributed by atoms with van der Waals surface area (Å²) in [4.78, 5) is 66.0. The minimum atomic E-state index is -4.47. The molecule has 14 heterocycles. The number of halogens is 1. The van der Waals surface area contributed by atoms with Crippen LogP contribution in [0.5, 0.6) is 0 Å². The van der Waals surface area contributed by atoms with Crippen molar-refractivity contribution in [2.45, 2.75) is 118 Å². The number of aliphatic hydroxyl groups excluding tert-OH is 1.